The first kappa shape index (κ1) is 17.6. The first-order valence-corrected chi connectivity index (χ1v) is 11.3. The van der Waals surface area contributed by atoms with Gasteiger partial charge < -0.3 is 4.90 Å². The van der Waals surface area contributed by atoms with Crippen LogP contribution in [0.25, 0.3) is 0 Å². The summed E-state index contributed by atoms with van der Waals surface area (Å²) in [5.41, 5.74) is 1.70. The molecule has 2 saturated carbocycles. The van der Waals surface area contributed by atoms with Gasteiger partial charge in [0.25, 0.3) is 0 Å². The third-order valence-electron chi connectivity index (χ3n) is 6.69. The van der Waals surface area contributed by atoms with E-state index in [1.807, 2.05) is 12.1 Å². The van der Waals surface area contributed by atoms with Crippen LogP contribution in [0.2, 0.25) is 0 Å². The van der Waals surface area contributed by atoms with E-state index in [0.717, 1.165) is 74.2 Å². The van der Waals surface area contributed by atoms with Gasteiger partial charge in [-0.1, -0.05) is 31.0 Å². The van der Waals surface area contributed by atoms with Crippen molar-refractivity contribution in [2.45, 2.75) is 43.9 Å². The number of hydrogen-bond acceptors (Lipinski definition) is 4. The van der Waals surface area contributed by atoms with Crippen molar-refractivity contribution in [1.82, 2.24) is 9.88 Å². The van der Waals surface area contributed by atoms with Crippen LogP contribution in [0.4, 0.5) is 9.52 Å². The molecule has 0 amide bonds. The number of anilines is 1. The second-order valence-electron chi connectivity index (χ2n) is 8.52. The maximum atomic E-state index is 14.6. The van der Waals surface area contributed by atoms with Crippen LogP contribution in [0.3, 0.4) is 0 Å². The van der Waals surface area contributed by atoms with Gasteiger partial charge in [0.15, 0.2) is 5.13 Å². The maximum Gasteiger partial charge on any atom is 0.185 e. The van der Waals surface area contributed by atoms with Crippen LogP contribution >= 0.6 is 11.3 Å². The molecule has 1 saturated heterocycles. The third-order valence-corrected chi connectivity index (χ3v) is 7.59. The molecule has 5 heteroatoms. The normalized spacial score (nSPS) is 23.1. The Morgan fingerprint density at radius 3 is 2.52 bits per heavy atom. The van der Waals surface area contributed by atoms with Gasteiger partial charge in [-0.25, -0.2) is 9.37 Å². The van der Waals surface area contributed by atoms with Crippen LogP contribution in [0.5, 0.6) is 0 Å². The summed E-state index contributed by atoms with van der Waals surface area (Å²) < 4.78 is 14.6. The largest absolute Gasteiger partial charge is 0.346 e. The number of rotatable bonds is 5. The Morgan fingerprint density at radius 1 is 1.07 bits per heavy atom. The number of piperazine rings is 1. The molecule has 3 fully saturated rings. The van der Waals surface area contributed by atoms with Crippen molar-refractivity contribution >= 4 is 16.5 Å². The number of thiazole rings is 1. The molecule has 2 aromatic rings. The van der Waals surface area contributed by atoms with Gasteiger partial charge in [-0.3, -0.25) is 4.90 Å². The van der Waals surface area contributed by atoms with Crippen molar-refractivity contribution in [3.63, 3.8) is 0 Å². The summed E-state index contributed by atoms with van der Waals surface area (Å²) in [4.78, 5) is 10.1. The average Bonchev–Trinajstić information content (AvgIpc) is 3.17. The first-order valence-electron chi connectivity index (χ1n) is 10.4. The van der Waals surface area contributed by atoms with Crippen LogP contribution in [0, 0.1) is 11.7 Å². The fraction of sp³-hybridized carbons (Fsp3) is 0.591. The van der Waals surface area contributed by atoms with Crippen molar-refractivity contribution in [1.29, 1.82) is 0 Å². The van der Waals surface area contributed by atoms with E-state index in [1.165, 1.54) is 19.4 Å². The van der Waals surface area contributed by atoms with E-state index >= 15 is 0 Å². The molecule has 0 radical (unpaired) electrons. The summed E-state index contributed by atoms with van der Waals surface area (Å²) in [5, 5.41) is 3.32. The molecule has 0 spiro atoms. The summed E-state index contributed by atoms with van der Waals surface area (Å²) in [6.07, 6.45) is 7.17. The van der Waals surface area contributed by atoms with E-state index in [-0.39, 0.29) is 11.2 Å². The smallest absolute Gasteiger partial charge is 0.185 e. The SMILES string of the molecule is Fc1ccccc1C1(c2csc(N3CCN(CC4CC4)CC3)n2)CCCC1. The predicted molar refractivity (Wildman–Crippen MR) is 109 cm³/mol. The lowest BCUT2D eigenvalue weighted by Gasteiger charge is -2.34. The van der Waals surface area contributed by atoms with Crippen molar-refractivity contribution in [2.75, 3.05) is 37.6 Å². The van der Waals surface area contributed by atoms with Gasteiger partial charge in [-0.2, -0.15) is 0 Å². The lowest BCUT2D eigenvalue weighted by Crippen LogP contribution is -2.47. The fourth-order valence-corrected chi connectivity index (χ4v) is 5.89. The first-order chi connectivity index (χ1) is 13.2. The van der Waals surface area contributed by atoms with Gasteiger partial charge in [-0.05, 0) is 43.2 Å². The Labute approximate surface area is 165 Å². The number of aromatic nitrogens is 1. The van der Waals surface area contributed by atoms with Gasteiger partial charge in [0.2, 0.25) is 0 Å². The highest BCUT2D eigenvalue weighted by Crippen LogP contribution is 2.48. The molecular formula is C22H28FN3S. The van der Waals surface area contributed by atoms with Crippen molar-refractivity contribution in [3.05, 3.63) is 46.7 Å². The highest BCUT2D eigenvalue weighted by Gasteiger charge is 2.41. The molecule has 1 aromatic carbocycles. The van der Waals surface area contributed by atoms with Crippen LogP contribution in [0.1, 0.15) is 49.8 Å². The van der Waals surface area contributed by atoms with Gasteiger partial charge in [0.05, 0.1) is 5.69 Å². The van der Waals surface area contributed by atoms with Crippen LogP contribution < -0.4 is 4.90 Å². The minimum atomic E-state index is -0.228. The summed E-state index contributed by atoms with van der Waals surface area (Å²) in [6, 6.07) is 7.32. The third kappa shape index (κ3) is 3.40. The second kappa shape index (κ2) is 7.17. The second-order valence-corrected chi connectivity index (χ2v) is 9.35. The number of hydrogen-bond donors (Lipinski definition) is 0. The van der Waals surface area contributed by atoms with Gasteiger partial charge in [-0.15, -0.1) is 11.3 Å². The van der Waals surface area contributed by atoms with Crippen molar-refractivity contribution in [2.24, 2.45) is 5.92 Å². The van der Waals surface area contributed by atoms with Gasteiger partial charge in [0.1, 0.15) is 5.82 Å². The molecule has 1 aromatic heterocycles. The number of benzene rings is 1. The van der Waals surface area contributed by atoms with E-state index < -0.39 is 0 Å². The molecule has 0 bridgehead atoms. The molecule has 0 atom stereocenters. The molecule has 2 heterocycles. The van der Waals surface area contributed by atoms with Crippen molar-refractivity contribution in [3.8, 4) is 0 Å². The number of nitrogens with zero attached hydrogens (tertiary/aromatic N) is 3. The highest BCUT2D eigenvalue weighted by atomic mass is 32.1. The van der Waals surface area contributed by atoms with Gasteiger partial charge >= 0.3 is 0 Å². The molecule has 3 aliphatic rings. The lowest BCUT2D eigenvalue weighted by molar-refractivity contribution is 0.248. The van der Waals surface area contributed by atoms with Gasteiger partial charge in [0, 0.05) is 43.5 Å². The molecule has 1 aliphatic heterocycles. The molecule has 0 N–H and O–H groups in total. The van der Waals surface area contributed by atoms with E-state index in [4.69, 9.17) is 4.98 Å². The van der Waals surface area contributed by atoms with Crippen LogP contribution in [-0.4, -0.2) is 42.6 Å². The zero-order chi connectivity index (χ0) is 18.3. The van der Waals surface area contributed by atoms with E-state index in [0.29, 0.717) is 0 Å². The van der Waals surface area contributed by atoms with Crippen molar-refractivity contribution < 1.29 is 4.39 Å². The summed E-state index contributed by atoms with van der Waals surface area (Å²) in [5.74, 6) is 0.883. The zero-order valence-electron chi connectivity index (χ0n) is 15.9. The topological polar surface area (TPSA) is 19.4 Å². The Bertz CT molecular complexity index is 786. The van der Waals surface area contributed by atoms with Crippen LogP contribution in [-0.2, 0) is 5.41 Å². The van der Waals surface area contributed by atoms with E-state index in [2.05, 4.69) is 15.2 Å². The van der Waals surface area contributed by atoms with E-state index in [1.54, 1.807) is 23.5 Å². The average molecular weight is 386 g/mol. The quantitative estimate of drug-likeness (QED) is 0.745. The molecule has 3 nitrogen and oxygen atoms in total. The maximum absolute atomic E-state index is 14.6. The molecule has 144 valence electrons. The zero-order valence-corrected chi connectivity index (χ0v) is 16.7. The molecule has 27 heavy (non-hydrogen) atoms. The minimum absolute atomic E-state index is 0.0809. The minimum Gasteiger partial charge on any atom is -0.346 e. The molecular weight excluding hydrogens is 357 g/mol. The summed E-state index contributed by atoms with van der Waals surface area (Å²) >= 11 is 1.74. The Kier molecular flexibility index (Phi) is 4.68. The number of halogens is 1. The Balaban J connectivity index is 1.35. The summed E-state index contributed by atoms with van der Waals surface area (Å²) in [7, 11) is 0. The monoisotopic (exact) mass is 385 g/mol. The molecule has 5 rings (SSSR count). The van der Waals surface area contributed by atoms with Crippen LogP contribution in [0.15, 0.2) is 29.6 Å². The summed E-state index contributed by atoms with van der Waals surface area (Å²) in [6.45, 7) is 5.69. The predicted octanol–water partition coefficient (Wildman–Crippen LogP) is 4.67. The standard InChI is InChI=1S/C22H28FN3S/c23-19-6-2-1-5-18(19)22(9-3-4-10-22)20-16-27-21(24-20)26-13-11-25(12-14-26)15-17-7-8-17/h1-2,5-6,16-17H,3-4,7-15H2. The fourth-order valence-electron chi connectivity index (χ4n) is 4.91. The Morgan fingerprint density at radius 2 is 1.81 bits per heavy atom. The highest BCUT2D eigenvalue weighted by molar-refractivity contribution is 7.13. The van der Waals surface area contributed by atoms with E-state index in [9.17, 15) is 4.39 Å². The molecule has 0 unspecified atom stereocenters. The Hall–Kier alpha value is -1.46. The molecule has 2 aliphatic carbocycles. The lowest BCUT2D eigenvalue weighted by atomic mass is 9.76.